The van der Waals surface area contributed by atoms with Crippen LogP contribution in [0.2, 0.25) is 0 Å². The van der Waals surface area contributed by atoms with E-state index in [1.54, 1.807) is 0 Å². The summed E-state index contributed by atoms with van der Waals surface area (Å²) in [5.74, 6) is 2.26. The second-order valence-corrected chi connectivity index (χ2v) is 7.83. The highest BCUT2D eigenvalue weighted by Gasteiger charge is 2.27. The van der Waals surface area contributed by atoms with Gasteiger partial charge in [0.1, 0.15) is 0 Å². The van der Waals surface area contributed by atoms with Crippen molar-refractivity contribution in [3.05, 3.63) is 0 Å². The summed E-state index contributed by atoms with van der Waals surface area (Å²) in [6, 6.07) is 0. The number of nitrogens with zero attached hydrogens (tertiary/aromatic N) is 1. The molecule has 0 aromatic rings. The number of hydrogen-bond donors (Lipinski definition) is 2. The molecule has 5 nitrogen and oxygen atoms in total. The summed E-state index contributed by atoms with van der Waals surface area (Å²) >= 11 is 0. The Balaban J connectivity index is 0.00000361. The molecule has 7 heteroatoms. The summed E-state index contributed by atoms with van der Waals surface area (Å²) in [7, 11) is -2.79. The van der Waals surface area contributed by atoms with Crippen LogP contribution in [0, 0.1) is 11.8 Å². The van der Waals surface area contributed by atoms with Crippen LogP contribution in [0.25, 0.3) is 0 Å². The van der Waals surface area contributed by atoms with Crippen LogP contribution in [0.1, 0.15) is 33.6 Å². The van der Waals surface area contributed by atoms with Crippen molar-refractivity contribution in [1.82, 2.24) is 10.6 Å². The van der Waals surface area contributed by atoms with Crippen LogP contribution in [0.4, 0.5) is 0 Å². The molecule has 120 valence electrons. The molecule has 0 radical (unpaired) electrons. The Kier molecular flexibility index (Phi) is 9.78. The number of guanidine groups is 1. The van der Waals surface area contributed by atoms with Gasteiger partial charge in [-0.3, -0.25) is 4.99 Å². The maximum Gasteiger partial charge on any atom is 0.191 e. The maximum atomic E-state index is 11.4. The Morgan fingerprint density at radius 3 is 2.55 bits per heavy atom. The first-order valence-electron chi connectivity index (χ1n) is 7.15. The van der Waals surface area contributed by atoms with Crippen LogP contribution in [0.3, 0.4) is 0 Å². The summed E-state index contributed by atoms with van der Waals surface area (Å²) in [5, 5.41) is 6.48. The number of nitrogens with one attached hydrogen (secondary N) is 2. The molecule has 1 rings (SSSR count). The molecule has 0 amide bonds. The van der Waals surface area contributed by atoms with Gasteiger partial charge in [-0.25, -0.2) is 8.42 Å². The molecule has 0 spiro atoms. The quantitative estimate of drug-likeness (QED) is 0.392. The van der Waals surface area contributed by atoms with Gasteiger partial charge < -0.3 is 10.6 Å². The molecule has 1 fully saturated rings. The zero-order chi connectivity index (χ0) is 14.3. The molecule has 0 bridgehead atoms. The van der Waals surface area contributed by atoms with E-state index >= 15 is 0 Å². The number of sulfone groups is 1. The first-order valence-corrected chi connectivity index (χ1v) is 8.97. The van der Waals surface area contributed by atoms with Gasteiger partial charge in [-0.2, -0.15) is 0 Å². The summed E-state index contributed by atoms with van der Waals surface area (Å²) in [5.41, 5.74) is 0. The van der Waals surface area contributed by atoms with Gasteiger partial charge in [-0.15, -0.1) is 24.0 Å². The standard InChI is InChI=1S/C13H27N3O2S.HI/c1-4-14-13(15-7-5-11(2)3)16-9-12-6-8-19(17,18)10-12;/h11-12H,4-10H2,1-3H3,(H2,14,15,16);1H. The lowest BCUT2D eigenvalue weighted by atomic mass is 10.1. The molecule has 0 saturated carbocycles. The van der Waals surface area contributed by atoms with Gasteiger partial charge in [-0.05, 0) is 31.6 Å². The zero-order valence-electron chi connectivity index (χ0n) is 12.7. The van der Waals surface area contributed by atoms with E-state index < -0.39 is 9.84 Å². The summed E-state index contributed by atoms with van der Waals surface area (Å²) in [6.07, 6.45) is 1.85. The van der Waals surface area contributed by atoms with Gasteiger partial charge in [0.2, 0.25) is 0 Å². The second kappa shape index (κ2) is 9.81. The Hall–Kier alpha value is -0.0500. The topological polar surface area (TPSA) is 70.6 Å². The van der Waals surface area contributed by atoms with E-state index in [4.69, 9.17) is 0 Å². The first kappa shape index (κ1) is 19.9. The molecule has 20 heavy (non-hydrogen) atoms. The fourth-order valence-electron chi connectivity index (χ4n) is 2.06. The summed E-state index contributed by atoms with van der Waals surface area (Å²) < 4.78 is 22.8. The Morgan fingerprint density at radius 1 is 1.35 bits per heavy atom. The van der Waals surface area contributed by atoms with Crippen LogP contribution in [-0.2, 0) is 9.84 Å². The third-order valence-corrected chi connectivity index (χ3v) is 5.03. The van der Waals surface area contributed by atoms with E-state index in [1.165, 1.54) is 0 Å². The smallest absolute Gasteiger partial charge is 0.191 e. The van der Waals surface area contributed by atoms with Crippen molar-refractivity contribution in [2.75, 3.05) is 31.1 Å². The minimum Gasteiger partial charge on any atom is -0.357 e. The Morgan fingerprint density at radius 2 is 2.05 bits per heavy atom. The average Bonchev–Trinajstić information content (AvgIpc) is 2.65. The highest BCUT2D eigenvalue weighted by molar-refractivity contribution is 14.0. The van der Waals surface area contributed by atoms with Gasteiger partial charge in [0, 0.05) is 19.6 Å². The van der Waals surface area contributed by atoms with Crippen LogP contribution in [-0.4, -0.2) is 45.5 Å². The fourth-order valence-corrected chi connectivity index (χ4v) is 3.91. The van der Waals surface area contributed by atoms with Crippen molar-refractivity contribution in [2.45, 2.75) is 33.6 Å². The molecule has 2 N–H and O–H groups in total. The molecule has 0 aromatic heterocycles. The summed E-state index contributed by atoms with van der Waals surface area (Å²) in [4.78, 5) is 4.49. The van der Waals surface area contributed by atoms with Crippen molar-refractivity contribution in [2.24, 2.45) is 16.8 Å². The highest BCUT2D eigenvalue weighted by Crippen LogP contribution is 2.18. The van der Waals surface area contributed by atoms with Crippen molar-refractivity contribution in [3.8, 4) is 0 Å². The second-order valence-electron chi connectivity index (χ2n) is 5.60. The number of aliphatic imine (C=N–C) groups is 1. The molecule has 0 aromatic carbocycles. The lowest BCUT2D eigenvalue weighted by molar-refractivity contribution is 0.568. The predicted octanol–water partition coefficient (Wildman–Crippen LogP) is 1.64. The Bertz CT molecular complexity index is 396. The fraction of sp³-hybridized carbons (Fsp3) is 0.923. The zero-order valence-corrected chi connectivity index (χ0v) is 15.8. The third kappa shape index (κ3) is 8.28. The van der Waals surface area contributed by atoms with Crippen molar-refractivity contribution in [3.63, 3.8) is 0 Å². The predicted molar refractivity (Wildman–Crippen MR) is 95.6 cm³/mol. The first-order chi connectivity index (χ1) is 8.93. The van der Waals surface area contributed by atoms with E-state index in [9.17, 15) is 8.42 Å². The molecule has 1 atom stereocenters. The van der Waals surface area contributed by atoms with E-state index in [0.29, 0.717) is 24.0 Å². The highest BCUT2D eigenvalue weighted by atomic mass is 127. The molecule has 1 aliphatic rings. The van der Waals surface area contributed by atoms with E-state index in [2.05, 4.69) is 29.5 Å². The van der Waals surface area contributed by atoms with Crippen LogP contribution >= 0.6 is 24.0 Å². The SMILES string of the molecule is CCNC(=NCC1CCS(=O)(=O)C1)NCCC(C)C.I. The molecule has 1 saturated heterocycles. The van der Waals surface area contributed by atoms with Crippen LogP contribution in [0.15, 0.2) is 4.99 Å². The van der Waals surface area contributed by atoms with E-state index in [0.717, 1.165) is 31.9 Å². The molecule has 1 aliphatic heterocycles. The molecular weight excluding hydrogens is 389 g/mol. The third-order valence-electron chi connectivity index (χ3n) is 3.19. The summed E-state index contributed by atoms with van der Waals surface area (Å²) in [6.45, 7) is 8.71. The Labute approximate surface area is 140 Å². The van der Waals surface area contributed by atoms with Gasteiger partial charge in [0.15, 0.2) is 15.8 Å². The van der Waals surface area contributed by atoms with E-state index in [-0.39, 0.29) is 29.9 Å². The maximum absolute atomic E-state index is 11.4. The molecular formula is C13H28IN3O2S. The number of hydrogen-bond acceptors (Lipinski definition) is 3. The number of halogens is 1. The van der Waals surface area contributed by atoms with Gasteiger partial charge in [0.25, 0.3) is 0 Å². The van der Waals surface area contributed by atoms with Crippen molar-refractivity contribution < 1.29 is 8.42 Å². The van der Waals surface area contributed by atoms with Crippen LogP contribution in [0.5, 0.6) is 0 Å². The lowest BCUT2D eigenvalue weighted by Gasteiger charge is -2.13. The van der Waals surface area contributed by atoms with Gasteiger partial charge >= 0.3 is 0 Å². The largest absolute Gasteiger partial charge is 0.357 e. The number of rotatable bonds is 6. The van der Waals surface area contributed by atoms with Crippen molar-refractivity contribution in [1.29, 1.82) is 0 Å². The lowest BCUT2D eigenvalue weighted by Crippen LogP contribution is -2.38. The monoisotopic (exact) mass is 417 g/mol. The van der Waals surface area contributed by atoms with Gasteiger partial charge in [-0.1, -0.05) is 13.8 Å². The minimum absolute atomic E-state index is 0. The van der Waals surface area contributed by atoms with E-state index in [1.807, 2.05) is 6.92 Å². The van der Waals surface area contributed by atoms with Crippen LogP contribution < -0.4 is 10.6 Å². The minimum atomic E-state index is -2.79. The van der Waals surface area contributed by atoms with Gasteiger partial charge in [0.05, 0.1) is 11.5 Å². The molecule has 1 heterocycles. The van der Waals surface area contributed by atoms with Crippen molar-refractivity contribution >= 4 is 39.8 Å². The normalized spacial score (nSPS) is 21.6. The average molecular weight is 417 g/mol. The molecule has 1 unspecified atom stereocenters. The molecule has 0 aliphatic carbocycles.